The Bertz CT molecular complexity index is 399. The fraction of sp³-hybridized carbons (Fsp3) is 0.667. The molecule has 24 heavy (non-hydrogen) atoms. The number of hydrogen-bond acceptors (Lipinski definition) is 0. The molecule has 0 nitrogen and oxygen atoms in total. The van der Waals surface area contributed by atoms with E-state index in [4.69, 9.17) is 0 Å². The summed E-state index contributed by atoms with van der Waals surface area (Å²) in [6, 6.07) is 9.02. The lowest BCUT2D eigenvalue weighted by atomic mass is 10.0. The standard InChI is InChI=1S/C24H39/c1-3-5-7-9-11-12-14-16-18-24-21-19-23(20-22-24)17-15-13-10-8-6-4-2/h15,19-22H,3-14,16,18H2,1-2H3. The molecule has 0 atom stereocenters. The molecule has 0 heteroatoms. The largest absolute Gasteiger partial charge is 0.0760 e. The Morgan fingerprint density at radius 2 is 1.21 bits per heavy atom. The smallest absolute Gasteiger partial charge is 0.0149 e. The average molecular weight is 328 g/mol. The summed E-state index contributed by atoms with van der Waals surface area (Å²) in [5.74, 6) is 0. The van der Waals surface area contributed by atoms with Crippen LogP contribution < -0.4 is 0 Å². The van der Waals surface area contributed by atoms with Crippen LogP contribution >= 0.6 is 0 Å². The van der Waals surface area contributed by atoms with Crippen LogP contribution in [-0.4, -0.2) is 0 Å². The van der Waals surface area contributed by atoms with Crippen LogP contribution in [0.25, 0.3) is 0 Å². The maximum Gasteiger partial charge on any atom is -0.0149 e. The maximum atomic E-state index is 3.42. The Hall–Kier alpha value is -1.04. The van der Waals surface area contributed by atoms with Gasteiger partial charge in [-0.15, -0.1) is 0 Å². The third-order valence-electron chi connectivity index (χ3n) is 4.74. The molecule has 0 amide bonds. The van der Waals surface area contributed by atoms with Gasteiger partial charge >= 0.3 is 0 Å². The first kappa shape index (κ1) is 21.0. The lowest BCUT2D eigenvalue weighted by Gasteiger charge is -2.03. The van der Waals surface area contributed by atoms with Crippen LogP contribution in [0.1, 0.15) is 108 Å². The number of unbranched alkanes of at least 4 members (excludes halogenated alkanes) is 11. The van der Waals surface area contributed by atoms with Gasteiger partial charge in [-0.2, -0.15) is 0 Å². The lowest BCUT2D eigenvalue weighted by molar-refractivity contribution is 0.575. The molecule has 1 aromatic rings. The Morgan fingerprint density at radius 1 is 0.667 bits per heavy atom. The molecule has 0 spiro atoms. The molecule has 1 rings (SSSR count). The third kappa shape index (κ3) is 11.5. The molecule has 0 aromatic heterocycles. The summed E-state index contributed by atoms with van der Waals surface area (Å²) in [5, 5.41) is 0. The average Bonchev–Trinajstić information content (AvgIpc) is 2.61. The monoisotopic (exact) mass is 327 g/mol. The maximum absolute atomic E-state index is 3.42. The summed E-state index contributed by atoms with van der Waals surface area (Å²) < 4.78 is 0. The number of benzene rings is 1. The summed E-state index contributed by atoms with van der Waals surface area (Å²) >= 11 is 0. The molecular formula is C24H39. The van der Waals surface area contributed by atoms with Gasteiger partial charge in [0.2, 0.25) is 0 Å². The van der Waals surface area contributed by atoms with Crippen molar-refractivity contribution in [1.82, 2.24) is 0 Å². The van der Waals surface area contributed by atoms with Crippen molar-refractivity contribution in [3.05, 3.63) is 47.5 Å². The van der Waals surface area contributed by atoms with Crippen molar-refractivity contribution < 1.29 is 0 Å². The zero-order chi connectivity index (χ0) is 17.3. The van der Waals surface area contributed by atoms with Gasteiger partial charge in [0.25, 0.3) is 0 Å². The minimum absolute atomic E-state index is 1.17. The highest BCUT2D eigenvalue weighted by molar-refractivity contribution is 5.27. The van der Waals surface area contributed by atoms with Gasteiger partial charge < -0.3 is 0 Å². The van der Waals surface area contributed by atoms with Gasteiger partial charge in [0.1, 0.15) is 0 Å². The minimum atomic E-state index is 1.17. The lowest BCUT2D eigenvalue weighted by Crippen LogP contribution is -1.87. The Labute approximate surface area is 151 Å². The summed E-state index contributed by atoms with van der Waals surface area (Å²) in [6.07, 6.45) is 24.6. The molecule has 1 radical (unpaired) electrons. The molecule has 0 bridgehead atoms. The highest BCUT2D eigenvalue weighted by Gasteiger charge is 1.95. The Kier molecular flexibility index (Phi) is 13.6. The van der Waals surface area contributed by atoms with E-state index in [1.165, 1.54) is 101 Å². The fourth-order valence-corrected chi connectivity index (χ4v) is 3.09. The van der Waals surface area contributed by atoms with E-state index >= 15 is 0 Å². The van der Waals surface area contributed by atoms with E-state index < -0.39 is 0 Å². The molecule has 1 aromatic carbocycles. The molecule has 0 unspecified atom stereocenters. The summed E-state index contributed by atoms with van der Waals surface area (Å²) in [4.78, 5) is 0. The third-order valence-corrected chi connectivity index (χ3v) is 4.74. The first-order valence-electron chi connectivity index (χ1n) is 10.5. The number of aryl methyl sites for hydroxylation is 1. The van der Waals surface area contributed by atoms with Crippen molar-refractivity contribution in [2.75, 3.05) is 0 Å². The van der Waals surface area contributed by atoms with Crippen LogP contribution in [0.15, 0.2) is 30.3 Å². The zero-order valence-electron chi connectivity index (χ0n) is 16.3. The number of allylic oxidation sites excluding steroid dienone is 1. The molecule has 0 N–H and O–H groups in total. The van der Waals surface area contributed by atoms with E-state index in [1.54, 1.807) is 0 Å². The van der Waals surface area contributed by atoms with Crippen LogP contribution in [0.5, 0.6) is 0 Å². The Morgan fingerprint density at radius 3 is 1.83 bits per heavy atom. The van der Waals surface area contributed by atoms with Gasteiger partial charge in [-0.25, -0.2) is 0 Å². The summed E-state index contributed by atoms with van der Waals surface area (Å²) in [7, 11) is 0. The predicted molar refractivity (Wildman–Crippen MR) is 108 cm³/mol. The Balaban J connectivity index is 2.08. The van der Waals surface area contributed by atoms with Crippen LogP contribution in [0.3, 0.4) is 0 Å². The van der Waals surface area contributed by atoms with Crippen molar-refractivity contribution in [3.63, 3.8) is 0 Å². The molecule has 135 valence electrons. The van der Waals surface area contributed by atoms with Crippen molar-refractivity contribution in [1.29, 1.82) is 0 Å². The zero-order valence-corrected chi connectivity index (χ0v) is 16.3. The second-order valence-corrected chi connectivity index (χ2v) is 7.12. The van der Waals surface area contributed by atoms with Crippen LogP contribution in [0.4, 0.5) is 0 Å². The van der Waals surface area contributed by atoms with Crippen molar-refractivity contribution in [2.45, 2.75) is 104 Å². The normalized spacial score (nSPS) is 11.4. The minimum Gasteiger partial charge on any atom is -0.0760 e. The van der Waals surface area contributed by atoms with Gasteiger partial charge in [-0.05, 0) is 42.9 Å². The predicted octanol–water partition coefficient (Wildman–Crippen LogP) is 8.05. The van der Waals surface area contributed by atoms with E-state index in [9.17, 15) is 0 Å². The fourth-order valence-electron chi connectivity index (χ4n) is 3.09. The van der Waals surface area contributed by atoms with Gasteiger partial charge in [-0.3, -0.25) is 0 Å². The van der Waals surface area contributed by atoms with Gasteiger partial charge in [0, 0.05) is 0 Å². The molecule has 0 heterocycles. The van der Waals surface area contributed by atoms with E-state index in [2.05, 4.69) is 50.3 Å². The molecule has 0 fully saturated rings. The van der Waals surface area contributed by atoms with Crippen molar-refractivity contribution in [2.24, 2.45) is 0 Å². The second kappa shape index (κ2) is 15.5. The summed E-state index contributed by atoms with van der Waals surface area (Å²) in [5.41, 5.74) is 2.71. The SMILES string of the molecule is CCCCCC/C=[C]\c1ccc(CCCCCCCCCC)cc1. The highest BCUT2D eigenvalue weighted by atomic mass is 14.0. The molecule has 0 aliphatic heterocycles. The van der Waals surface area contributed by atoms with Gasteiger partial charge in [0.15, 0.2) is 0 Å². The number of hydrogen-bond donors (Lipinski definition) is 0. The van der Waals surface area contributed by atoms with Gasteiger partial charge in [-0.1, -0.05) is 108 Å². The van der Waals surface area contributed by atoms with Crippen molar-refractivity contribution >= 4 is 0 Å². The topological polar surface area (TPSA) is 0 Å². The quantitative estimate of drug-likeness (QED) is 0.286. The molecule has 0 saturated heterocycles. The van der Waals surface area contributed by atoms with E-state index in [0.717, 1.165) is 0 Å². The number of rotatable bonds is 15. The second-order valence-electron chi connectivity index (χ2n) is 7.12. The van der Waals surface area contributed by atoms with Crippen LogP contribution in [0, 0.1) is 6.08 Å². The first-order valence-corrected chi connectivity index (χ1v) is 10.5. The van der Waals surface area contributed by atoms with Crippen molar-refractivity contribution in [3.8, 4) is 0 Å². The van der Waals surface area contributed by atoms with E-state index in [1.807, 2.05) is 0 Å². The van der Waals surface area contributed by atoms with Gasteiger partial charge in [0.05, 0.1) is 0 Å². The van der Waals surface area contributed by atoms with E-state index in [0.29, 0.717) is 0 Å². The first-order chi connectivity index (χ1) is 11.9. The highest BCUT2D eigenvalue weighted by Crippen LogP contribution is 2.12. The van der Waals surface area contributed by atoms with Crippen LogP contribution in [-0.2, 0) is 6.42 Å². The molecule has 0 aliphatic carbocycles. The van der Waals surface area contributed by atoms with E-state index in [-0.39, 0.29) is 0 Å². The summed E-state index contributed by atoms with van der Waals surface area (Å²) in [6.45, 7) is 4.55. The van der Waals surface area contributed by atoms with Crippen LogP contribution in [0.2, 0.25) is 0 Å². The molecule has 0 aliphatic rings. The molecule has 0 saturated carbocycles. The molecular weight excluding hydrogens is 288 g/mol.